The SMILES string of the molecule is CCNC(Cc1ncc(C)c(OC)c1C)C(C)C(C)C. The average Bonchev–Trinajstić information content (AvgIpc) is 2.40. The van der Waals surface area contributed by atoms with Crippen LogP contribution in [0.25, 0.3) is 0 Å². The number of aryl methyl sites for hydroxylation is 1. The van der Waals surface area contributed by atoms with Gasteiger partial charge in [-0.2, -0.15) is 0 Å². The van der Waals surface area contributed by atoms with E-state index in [0.29, 0.717) is 17.9 Å². The molecular weight excluding hydrogens is 248 g/mol. The second-order valence-corrected chi connectivity index (χ2v) is 6.02. The van der Waals surface area contributed by atoms with Crippen LogP contribution in [0, 0.1) is 25.7 Å². The molecule has 3 heteroatoms. The van der Waals surface area contributed by atoms with E-state index in [1.165, 1.54) is 5.56 Å². The molecule has 0 spiro atoms. The van der Waals surface area contributed by atoms with Crippen LogP contribution < -0.4 is 10.1 Å². The molecule has 1 aromatic heterocycles. The molecule has 1 aromatic rings. The molecule has 0 bridgehead atoms. The zero-order valence-corrected chi connectivity index (χ0v) is 14.1. The first-order valence-electron chi connectivity index (χ1n) is 7.64. The predicted molar refractivity (Wildman–Crippen MR) is 85.4 cm³/mol. The van der Waals surface area contributed by atoms with Crippen molar-refractivity contribution in [1.82, 2.24) is 10.3 Å². The highest BCUT2D eigenvalue weighted by Gasteiger charge is 2.22. The summed E-state index contributed by atoms with van der Waals surface area (Å²) < 4.78 is 5.51. The normalized spacial score (nSPS) is 14.4. The minimum absolute atomic E-state index is 0.457. The van der Waals surface area contributed by atoms with E-state index in [9.17, 15) is 0 Å². The molecule has 0 aliphatic rings. The van der Waals surface area contributed by atoms with E-state index in [-0.39, 0.29) is 0 Å². The monoisotopic (exact) mass is 278 g/mol. The molecule has 114 valence electrons. The third-order valence-corrected chi connectivity index (χ3v) is 4.32. The molecule has 0 fully saturated rings. The average molecular weight is 278 g/mol. The Morgan fingerprint density at radius 1 is 1.25 bits per heavy atom. The Morgan fingerprint density at radius 2 is 1.90 bits per heavy atom. The third-order valence-electron chi connectivity index (χ3n) is 4.32. The van der Waals surface area contributed by atoms with Gasteiger partial charge in [-0.15, -0.1) is 0 Å². The second kappa shape index (κ2) is 7.63. The van der Waals surface area contributed by atoms with E-state index >= 15 is 0 Å². The van der Waals surface area contributed by atoms with Crippen molar-refractivity contribution in [3.05, 3.63) is 23.0 Å². The van der Waals surface area contributed by atoms with Crippen LogP contribution in [0.4, 0.5) is 0 Å². The number of ether oxygens (including phenoxy) is 1. The van der Waals surface area contributed by atoms with Crippen LogP contribution in [-0.4, -0.2) is 24.7 Å². The molecule has 1 rings (SSSR count). The van der Waals surface area contributed by atoms with Crippen LogP contribution in [0.5, 0.6) is 5.75 Å². The second-order valence-electron chi connectivity index (χ2n) is 6.02. The number of methoxy groups -OCH3 is 1. The summed E-state index contributed by atoms with van der Waals surface area (Å²) in [5.74, 6) is 2.25. The fourth-order valence-corrected chi connectivity index (χ4v) is 2.66. The first kappa shape index (κ1) is 17.0. The lowest BCUT2D eigenvalue weighted by Crippen LogP contribution is -2.39. The number of hydrogen-bond acceptors (Lipinski definition) is 3. The molecule has 0 radical (unpaired) electrons. The summed E-state index contributed by atoms with van der Waals surface area (Å²) >= 11 is 0. The highest BCUT2D eigenvalue weighted by atomic mass is 16.5. The highest BCUT2D eigenvalue weighted by Crippen LogP contribution is 2.26. The molecule has 0 saturated heterocycles. The quantitative estimate of drug-likeness (QED) is 0.828. The maximum atomic E-state index is 5.51. The number of nitrogens with zero attached hydrogens (tertiary/aromatic N) is 1. The Balaban J connectivity index is 2.99. The number of nitrogens with one attached hydrogen (secondary N) is 1. The predicted octanol–water partition coefficient (Wildman–Crippen LogP) is 3.52. The van der Waals surface area contributed by atoms with E-state index in [4.69, 9.17) is 4.74 Å². The van der Waals surface area contributed by atoms with Gasteiger partial charge in [-0.05, 0) is 32.2 Å². The topological polar surface area (TPSA) is 34.2 Å². The van der Waals surface area contributed by atoms with Crippen molar-refractivity contribution >= 4 is 0 Å². The van der Waals surface area contributed by atoms with E-state index in [1.54, 1.807) is 7.11 Å². The summed E-state index contributed by atoms with van der Waals surface area (Å²) in [6, 6.07) is 0.457. The zero-order valence-electron chi connectivity index (χ0n) is 14.1. The Kier molecular flexibility index (Phi) is 6.47. The maximum absolute atomic E-state index is 5.51. The van der Waals surface area contributed by atoms with E-state index < -0.39 is 0 Å². The lowest BCUT2D eigenvalue weighted by atomic mass is 9.87. The standard InChI is InChI=1S/C17H30N2O/c1-8-18-15(13(5)11(2)3)9-16-14(6)17(20-7)12(4)10-19-16/h10-11,13,15,18H,8-9H2,1-7H3. The summed E-state index contributed by atoms with van der Waals surface area (Å²) in [5, 5.41) is 3.61. The van der Waals surface area contributed by atoms with Crippen molar-refractivity contribution in [2.45, 2.75) is 54.0 Å². The van der Waals surface area contributed by atoms with Crippen LogP contribution in [-0.2, 0) is 6.42 Å². The summed E-state index contributed by atoms with van der Waals surface area (Å²) in [6.07, 6.45) is 2.87. The number of pyridine rings is 1. The van der Waals surface area contributed by atoms with Gasteiger partial charge in [0.25, 0.3) is 0 Å². The number of likely N-dealkylation sites (N-methyl/N-ethyl adjacent to an activating group) is 1. The van der Waals surface area contributed by atoms with Crippen molar-refractivity contribution in [2.75, 3.05) is 13.7 Å². The molecule has 2 atom stereocenters. The van der Waals surface area contributed by atoms with Crippen molar-refractivity contribution in [2.24, 2.45) is 11.8 Å². The van der Waals surface area contributed by atoms with Crippen molar-refractivity contribution < 1.29 is 4.74 Å². The van der Waals surface area contributed by atoms with Crippen LogP contribution in [0.3, 0.4) is 0 Å². The first-order valence-corrected chi connectivity index (χ1v) is 7.64. The fraction of sp³-hybridized carbons (Fsp3) is 0.706. The summed E-state index contributed by atoms with van der Waals surface area (Å²) in [7, 11) is 1.73. The smallest absolute Gasteiger partial charge is 0.128 e. The van der Waals surface area contributed by atoms with Gasteiger partial charge >= 0.3 is 0 Å². The highest BCUT2D eigenvalue weighted by molar-refractivity contribution is 5.41. The van der Waals surface area contributed by atoms with Gasteiger partial charge in [-0.3, -0.25) is 4.98 Å². The largest absolute Gasteiger partial charge is 0.496 e. The third kappa shape index (κ3) is 3.95. The molecule has 0 saturated carbocycles. The van der Waals surface area contributed by atoms with Gasteiger partial charge < -0.3 is 10.1 Å². The van der Waals surface area contributed by atoms with Gasteiger partial charge in [0, 0.05) is 35.5 Å². The molecular formula is C17H30N2O. The first-order chi connectivity index (χ1) is 9.42. The zero-order chi connectivity index (χ0) is 15.3. The Labute approximate surface area is 124 Å². The Hall–Kier alpha value is -1.09. The molecule has 20 heavy (non-hydrogen) atoms. The van der Waals surface area contributed by atoms with Crippen molar-refractivity contribution in [3.63, 3.8) is 0 Å². The van der Waals surface area contributed by atoms with Crippen LogP contribution in [0.15, 0.2) is 6.20 Å². The van der Waals surface area contributed by atoms with Gasteiger partial charge in [0.1, 0.15) is 5.75 Å². The lowest BCUT2D eigenvalue weighted by Gasteiger charge is -2.28. The number of hydrogen-bond donors (Lipinski definition) is 1. The van der Waals surface area contributed by atoms with Crippen LogP contribution in [0.2, 0.25) is 0 Å². The maximum Gasteiger partial charge on any atom is 0.128 e. The minimum atomic E-state index is 0.457. The van der Waals surface area contributed by atoms with Crippen molar-refractivity contribution in [3.8, 4) is 5.75 Å². The molecule has 0 aliphatic heterocycles. The van der Waals surface area contributed by atoms with E-state index in [1.807, 2.05) is 13.1 Å². The molecule has 3 nitrogen and oxygen atoms in total. The van der Waals surface area contributed by atoms with Crippen molar-refractivity contribution in [1.29, 1.82) is 0 Å². The lowest BCUT2D eigenvalue weighted by molar-refractivity contribution is 0.298. The summed E-state index contributed by atoms with van der Waals surface area (Å²) in [6.45, 7) is 14.2. The summed E-state index contributed by atoms with van der Waals surface area (Å²) in [5.41, 5.74) is 3.42. The number of rotatable bonds is 7. The Bertz CT molecular complexity index is 429. The van der Waals surface area contributed by atoms with Crippen LogP contribution >= 0.6 is 0 Å². The Morgan fingerprint density at radius 3 is 2.40 bits per heavy atom. The van der Waals surface area contributed by atoms with Gasteiger partial charge in [-0.1, -0.05) is 27.7 Å². The molecule has 0 aromatic carbocycles. The summed E-state index contributed by atoms with van der Waals surface area (Å²) in [4.78, 5) is 4.63. The molecule has 0 amide bonds. The molecule has 1 heterocycles. The minimum Gasteiger partial charge on any atom is -0.496 e. The van der Waals surface area contributed by atoms with E-state index in [2.05, 4.69) is 44.9 Å². The number of aromatic nitrogens is 1. The van der Waals surface area contributed by atoms with Gasteiger partial charge in [0.15, 0.2) is 0 Å². The molecule has 2 unspecified atom stereocenters. The fourth-order valence-electron chi connectivity index (χ4n) is 2.66. The van der Waals surface area contributed by atoms with Crippen LogP contribution in [0.1, 0.15) is 44.5 Å². The van der Waals surface area contributed by atoms with Gasteiger partial charge in [0.05, 0.1) is 7.11 Å². The van der Waals surface area contributed by atoms with Gasteiger partial charge in [0.2, 0.25) is 0 Å². The van der Waals surface area contributed by atoms with Gasteiger partial charge in [-0.25, -0.2) is 0 Å². The molecule has 0 aliphatic carbocycles. The van der Waals surface area contributed by atoms with E-state index in [0.717, 1.165) is 30.0 Å². The molecule has 1 N–H and O–H groups in total.